The minimum atomic E-state index is -1.06. The van der Waals surface area contributed by atoms with Crippen molar-refractivity contribution >= 4 is 11.6 Å². The second-order valence-electron chi connectivity index (χ2n) is 5.52. The normalized spacial score (nSPS) is 21.1. The molecular formula is C14H23ClN2O2. The number of hydrogen-bond acceptors (Lipinski definition) is 3. The van der Waals surface area contributed by atoms with Crippen molar-refractivity contribution in [3.8, 4) is 0 Å². The van der Waals surface area contributed by atoms with E-state index in [-0.39, 0.29) is 0 Å². The largest absolute Gasteiger partial charge is 0.387 e. The van der Waals surface area contributed by atoms with Crippen LogP contribution in [0.1, 0.15) is 63.7 Å². The van der Waals surface area contributed by atoms with Gasteiger partial charge in [-0.2, -0.15) is 5.10 Å². The first-order valence-electron chi connectivity index (χ1n) is 7.20. The second kappa shape index (κ2) is 6.25. The van der Waals surface area contributed by atoms with Gasteiger partial charge >= 0.3 is 0 Å². The van der Waals surface area contributed by atoms with Gasteiger partial charge in [0.05, 0.1) is 22.5 Å². The third kappa shape index (κ3) is 3.12. The third-order valence-corrected chi connectivity index (χ3v) is 4.30. The fourth-order valence-corrected chi connectivity index (χ4v) is 3.15. The van der Waals surface area contributed by atoms with E-state index in [1.54, 1.807) is 10.9 Å². The van der Waals surface area contributed by atoms with Gasteiger partial charge in [0.15, 0.2) is 0 Å². The molecule has 1 aromatic rings. The van der Waals surface area contributed by atoms with Crippen LogP contribution in [0.25, 0.3) is 0 Å². The van der Waals surface area contributed by atoms with E-state index in [1.165, 1.54) is 0 Å². The summed E-state index contributed by atoms with van der Waals surface area (Å²) in [7, 11) is 0. The second-order valence-corrected chi connectivity index (χ2v) is 5.93. The van der Waals surface area contributed by atoms with Crippen LogP contribution in [-0.2, 0) is 6.54 Å². The average molecular weight is 287 g/mol. The summed E-state index contributed by atoms with van der Waals surface area (Å²) in [6, 6.07) is 0. The van der Waals surface area contributed by atoms with Crippen LogP contribution in [-0.4, -0.2) is 25.6 Å². The van der Waals surface area contributed by atoms with Crippen molar-refractivity contribution in [2.24, 2.45) is 0 Å². The predicted octanol–water partition coefficient (Wildman–Crippen LogP) is 3.07. The lowest BCUT2D eigenvalue weighted by molar-refractivity contribution is -0.0901. The van der Waals surface area contributed by atoms with Gasteiger partial charge in [-0.1, -0.05) is 44.2 Å². The molecule has 1 fully saturated rings. The van der Waals surface area contributed by atoms with Crippen LogP contribution in [0.2, 0.25) is 5.02 Å². The number of aliphatic hydroxyl groups is 2. The molecule has 1 saturated carbocycles. The fourth-order valence-electron chi connectivity index (χ4n) is 2.90. The molecule has 0 radical (unpaired) electrons. The molecule has 19 heavy (non-hydrogen) atoms. The molecule has 2 rings (SSSR count). The van der Waals surface area contributed by atoms with E-state index >= 15 is 0 Å². The molecule has 2 N–H and O–H groups in total. The standard InChI is InChI=1S/C14H23ClN2O2/c1-2-9-17-12(11(15)10-16-17)13(18)14(19)7-5-3-4-6-8-14/h10,13,18-19H,2-9H2,1H3. The molecular weight excluding hydrogens is 264 g/mol. The van der Waals surface area contributed by atoms with Crippen LogP contribution >= 0.6 is 11.6 Å². The maximum Gasteiger partial charge on any atom is 0.126 e. The molecule has 0 amide bonds. The van der Waals surface area contributed by atoms with Gasteiger partial charge < -0.3 is 10.2 Å². The van der Waals surface area contributed by atoms with Crippen molar-refractivity contribution in [2.45, 2.75) is 70.1 Å². The summed E-state index contributed by atoms with van der Waals surface area (Å²) < 4.78 is 1.72. The number of aromatic nitrogens is 2. The Kier molecular flexibility index (Phi) is 4.87. The first-order valence-corrected chi connectivity index (χ1v) is 7.58. The van der Waals surface area contributed by atoms with Crippen molar-refractivity contribution in [2.75, 3.05) is 0 Å². The molecule has 0 aromatic carbocycles. The summed E-state index contributed by atoms with van der Waals surface area (Å²) in [6.45, 7) is 2.75. The van der Waals surface area contributed by atoms with E-state index in [4.69, 9.17) is 11.6 Å². The first kappa shape index (κ1) is 14.8. The highest BCUT2D eigenvalue weighted by Gasteiger charge is 2.39. The highest BCUT2D eigenvalue weighted by atomic mass is 35.5. The Hall–Kier alpha value is -0.580. The summed E-state index contributed by atoms with van der Waals surface area (Å²) in [5, 5.41) is 26.0. The molecule has 108 valence electrons. The molecule has 5 heteroatoms. The molecule has 1 atom stereocenters. The van der Waals surface area contributed by atoms with Crippen molar-refractivity contribution in [1.29, 1.82) is 0 Å². The first-order chi connectivity index (χ1) is 9.08. The van der Waals surface area contributed by atoms with Gasteiger partial charge in [0.25, 0.3) is 0 Å². The molecule has 1 unspecified atom stereocenters. The van der Waals surface area contributed by atoms with Gasteiger partial charge in [-0.25, -0.2) is 0 Å². The number of rotatable bonds is 4. The Morgan fingerprint density at radius 1 is 1.37 bits per heavy atom. The van der Waals surface area contributed by atoms with Crippen LogP contribution in [0.4, 0.5) is 0 Å². The Morgan fingerprint density at radius 2 is 2.00 bits per heavy atom. The number of hydrogen-bond donors (Lipinski definition) is 2. The Labute approximate surface area is 119 Å². The summed E-state index contributed by atoms with van der Waals surface area (Å²) >= 11 is 6.14. The monoisotopic (exact) mass is 286 g/mol. The van der Waals surface area contributed by atoms with Crippen molar-refractivity contribution in [3.05, 3.63) is 16.9 Å². The van der Waals surface area contributed by atoms with Gasteiger partial charge in [-0.15, -0.1) is 0 Å². The summed E-state index contributed by atoms with van der Waals surface area (Å²) in [5.74, 6) is 0. The molecule has 0 aliphatic heterocycles. The topological polar surface area (TPSA) is 58.3 Å². The lowest BCUT2D eigenvalue weighted by atomic mass is 9.86. The van der Waals surface area contributed by atoms with Gasteiger partial charge in [0.1, 0.15) is 6.10 Å². The molecule has 1 aliphatic rings. The lowest BCUT2D eigenvalue weighted by Gasteiger charge is -2.32. The highest BCUT2D eigenvalue weighted by molar-refractivity contribution is 6.31. The molecule has 1 heterocycles. The number of aliphatic hydroxyl groups excluding tert-OH is 1. The summed E-state index contributed by atoms with van der Waals surface area (Å²) in [5.41, 5.74) is -0.501. The Bertz CT molecular complexity index is 412. The molecule has 1 aliphatic carbocycles. The smallest absolute Gasteiger partial charge is 0.126 e. The molecule has 0 bridgehead atoms. The van der Waals surface area contributed by atoms with E-state index < -0.39 is 11.7 Å². The quantitative estimate of drug-likeness (QED) is 0.837. The lowest BCUT2D eigenvalue weighted by Crippen LogP contribution is -2.37. The van der Waals surface area contributed by atoms with Gasteiger partial charge in [0.2, 0.25) is 0 Å². The summed E-state index contributed by atoms with van der Waals surface area (Å²) in [6.07, 6.45) is 6.91. The van der Waals surface area contributed by atoms with Gasteiger partial charge in [-0.05, 0) is 19.3 Å². The average Bonchev–Trinajstić information content (AvgIpc) is 2.61. The number of halogens is 1. The van der Waals surface area contributed by atoms with Gasteiger partial charge in [-0.3, -0.25) is 4.68 Å². The van der Waals surface area contributed by atoms with Crippen molar-refractivity contribution < 1.29 is 10.2 Å². The van der Waals surface area contributed by atoms with Crippen molar-refractivity contribution in [3.63, 3.8) is 0 Å². The van der Waals surface area contributed by atoms with E-state index in [9.17, 15) is 10.2 Å². The Morgan fingerprint density at radius 3 is 2.58 bits per heavy atom. The highest BCUT2D eigenvalue weighted by Crippen LogP contribution is 2.39. The van der Waals surface area contributed by atoms with Crippen LogP contribution in [0, 0.1) is 0 Å². The molecule has 4 nitrogen and oxygen atoms in total. The SMILES string of the molecule is CCCn1ncc(Cl)c1C(O)C1(O)CCCCCC1. The maximum atomic E-state index is 10.8. The Balaban J connectivity index is 2.26. The third-order valence-electron chi connectivity index (χ3n) is 4.01. The van der Waals surface area contributed by atoms with Gasteiger partial charge in [0, 0.05) is 6.54 Å². The maximum absolute atomic E-state index is 10.8. The van der Waals surface area contributed by atoms with E-state index in [0.717, 1.165) is 32.1 Å². The minimum absolute atomic E-state index is 0.443. The van der Waals surface area contributed by atoms with Crippen molar-refractivity contribution in [1.82, 2.24) is 9.78 Å². The zero-order valence-electron chi connectivity index (χ0n) is 11.5. The predicted molar refractivity (Wildman–Crippen MR) is 75.1 cm³/mol. The molecule has 1 aromatic heterocycles. The molecule has 0 spiro atoms. The van der Waals surface area contributed by atoms with Crippen LogP contribution < -0.4 is 0 Å². The number of aryl methyl sites for hydroxylation is 1. The van der Waals surface area contributed by atoms with Crippen LogP contribution in [0.15, 0.2) is 6.20 Å². The zero-order chi connectivity index (χ0) is 13.9. The van der Waals surface area contributed by atoms with E-state index in [0.29, 0.717) is 30.1 Å². The summed E-state index contributed by atoms with van der Waals surface area (Å²) in [4.78, 5) is 0. The number of nitrogens with zero attached hydrogens (tertiary/aromatic N) is 2. The fraction of sp³-hybridized carbons (Fsp3) is 0.786. The zero-order valence-corrected chi connectivity index (χ0v) is 12.2. The molecule has 0 saturated heterocycles. The van der Waals surface area contributed by atoms with Crippen LogP contribution in [0.5, 0.6) is 0 Å². The van der Waals surface area contributed by atoms with E-state index in [1.807, 2.05) is 6.92 Å². The minimum Gasteiger partial charge on any atom is -0.387 e. The van der Waals surface area contributed by atoms with E-state index in [2.05, 4.69) is 5.10 Å². The van der Waals surface area contributed by atoms with Crippen LogP contribution in [0.3, 0.4) is 0 Å².